The quantitative estimate of drug-likeness (QED) is 0.0364. The Morgan fingerprint density at radius 1 is 0.205 bits per heavy atom. The number of amidine groups is 4. The number of aliphatic imine (C=N–C) groups is 4. The number of aryl methyl sites for hydroxylation is 2. The molecule has 0 heterocycles. The van der Waals surface area contributed by atoms with E-state index in [9.17, 15) is 0 Å². The van der Waals surface area contributed by atoms with Gasteiger partial charge in [-0.25, -0.2) is 0 Å². The first-order chi connectivity index (χ1) is 57.2. The van der Waals surface area contributed by atoms with E-state index in [1.165, 1.54) is 33.9 Å². The van der Waals surface area contributed by atoms with Crippen LogP contribution in [-0.2, 0) is 0 Å². The molecule has 0 saturated heterocycles. The Labute approximate surface area is 763 Å². The van der Waals surface area contributed by atoms with Crippen LogP contribution < -0.4 is 26.3 Å². The van der Waals surface area contributed by atoms with Crippen LogP contribution >= 0.6 is 0 Å². The minimum Gasteiger partial charge on any atom is -0.0622 e. The van der Waals surface area contributed by atoms with Crippen LogP contribution in [0.25, 0.3) is 13.2 Å². The molecule has 11 aromatic carbocycles. The van der Waals surface area contributed by atoms with E-state index in [2.05, 4.69) is 491 Å². The summed E-state index contributed by atoms with van der Waals surface area (Å²) in [5, 5.41) is 2.08. The van der Waals surface area contributed by atoms with Crippen molar-refractivity contribution < 1.29 is 0 Å². The van der Waals surface area contributed by atoms with Gasteiger partial charge in [-0.1, -0.05) is 109 Å². The molecule has 0 atom stereocenters. The standard InChI is InChI=1S/2C42H56Ge2N6.C8H8.2C7H8/c2*1-39(2,3)45-37(33-25-17-13-18-26-33)47(41(7,8)9)43-49(35-29-21-15-22-30-35)50(36-31-23-16-24-32-36)44-48(42(10,11)12)38(46-40(4,5)6)34-27-19-14-20-28-34;1-7-3-5-8(2)6-4-7;2*1-7-5-3-2-4-6-7/h2*13-32H,1-12H3;3-6H,1-2H2;2*2-6H,1H3. The van der Waals surface area contributed by atoms with Gasteiger partial charge in [-0.15, -0.1) is 0 Å². The van der Waals surface area contributed by atoms with Gasteiger partial charge in [0, 0.05) is 0 Å². The fraction of sp³-hybridized carbons (Fsp3) is 0.321. The van der Waals surface area contributed by atoms with Crippen molar-refractivity contribution in [2.24, 2.45) is 20.0 Å². The molecule has 0 aliphatic rings. The maximum Gasteiger partial charge on any atom is -0.0398 e. The smallest absolute Gasteiger partial charge is 0.0398 e. The van der Waals surface area contributed by atoms with Crippen molar-refractivity contribution in [2.75, 3.05) is 15.9 Å². The normalized spacial score (nSPS) is 12.4. The van der Waals surface area contributed by atoms with Gasteiger partial charge < -0.3 is 0 Å². The largest absolute Gasteiger partial charge is 0.0622 e. The van der Waals surface area contributed by atoms with Crippen molar-refractivity contribution in [1.82, 2.24) is 15.4 Å². The van der Waals surface area contributed by atoms with Gasteiger partial charge in [-0.3, -0.25) is 0 Å². The monoisotopic (exact) mass is 1870 g/mol. The van der Waals surface area contributed by atoms with Gasteiger partial charge in [0.25, 0.3) is 0 Å². The zero-order chi connectivity index (χ0) is 89.7. The SMILES string of the molecule is C=c1ccc(=C)cc1.CC(C)(C)N=C(c1ccccc1)[N]([Ge][N](c1ccccc1)[N]([Ge][N](C(=NC(C)(C)C)c1ccccc1)C(C)(C)C)c1ccccc1)C(C)(C)C.CC(C)(C)N=C(c1ccccc1)[N]([Ge][N](c1ccccc1)[N]([Ge][N](C(=NC(C)(C)C)c1ccccc1)C(C)(C)C)c1ccccc1)C(C)(C)C.Cc1ccccc1.Cc1ccccc1. The van der Waals surface area contributed by atoms with Gasteiger partial charge in [0.05, 0.1) is 0 Å². The summed E-state index contributed by atoms with van der Waals surface area (Å²) in [7, 11) is 0. The van der Waals surface area contributed by atoms with E-state index in [1.807, 2.05) is 60.7 Å². The van der Waals surface area contributed by atoms with Crippen LogP contribution in [0.3, 0.4) is 0 Å². The summed E-state index contributed by atoms with van der Waals surface area (Å²) in [6.45, 7) is 65.7. The molecule has 0 fully saturated rings. The number of benzene rings is 11. The summed E-state index contributed by atoms with van der Waals surface area (Å²) in [4.78, 5) is 21.8. The van der Waals surface area contributed by atoms with Crippen LogP contribution in [0, 0.1) is 13.8 Å². The first-order valence-corrected chi connectivity index (χ1v) is 49.8. The molecule has 0 N–H and O–H groups in total. The summed E-state index contributed by atoms with van der Waals surface area (Å²) in [6.07, 6.45) is 0. The number of hydrazine groups is 2. The summed E-state index contributed by atoms with van der Waals surface area (Å²) in [6, 6.07) is 115. The number of rotatable bonds is 18. The molecule has 8 radical (unpaired) electrons. The second-order valence-corrected chi connectivity index (χ2v) is 47.0. The number of hydrogen-bond donors (Lipinski definition) is 0. The predicted molar refractivity (Wildman–Crippen MR) is 535 cm³/mol. The van der Waals surface area contributed by atoms with E-state index in [0.29, 0.717) is 0 Å². The van der Waals surface area contributed by atoms with Crippen LogP contribution in [0.1, 0.15) is 200 Å². The van der Waals surface area contributed by atoms with Crippen molar-refractivity contribution in [1.29, 1.82) is 0 Å². The Kier molecular flexibility index (Phi) is 37.3. The van der Waals surface area contributed by atoms with Crippen LogP contribution in [0.2, 0.25) is 0 Å². The molecule has 11 aromatic rings. The maximum atomic E-state index is 5.44. The number of hydrogen-bond acceptors (Lipinski definition) is 8. The molecule has 0 aromatic heterocycles. The summed E-state index contributed by atoms with van der Waals surface area (Å²) >= 11 is -4.44. The second kappa shape index (κ2) is 45.7. The molecule has 0 aliphatic carbocycles. The second-order valence-electron chi connectivity index (χ2n) is 38.0. The Hall–Kier alpha value is -9.59. The Morgan fingerprint density at radius 2 is 0.344 bits per heavy atom. The van der Waals surface area contributed by atoms with Crippen LogP contribution in [0.4, 0.5) is 22.7 Å². The van der Waals surface area contributed by atoms with Gasteiger partial charge in [0.1, 0.15) is 0 Å². The van der Waals surface area contributed by atoms with Crippen LogP contribution in [0.15, 0.2) is 348 Å². The molecule has 16 heteroatoms. The van der Waals surface area contributed by atoms with Gasteiger partial charge in [0.2, 0.25) is 0 Å². The van der Waals surface area contributed by atoms with Crippen LogP contribution in [-0.4, -0.2) is 147 Å². The third-order valence-corrected chi connectivity index (χ3v) is 33.8. The van der Waals surface area contributed by atoms with Crippen molar-refractivity contribution >= 4 is 123 Å². The van der Waals surface area contributed by atoms with E-state index in [1.54, 1.807) is 0 Å². The van der Waals surface area contributed by atoms with Gasteiger partial charge in [-0.2, -0.15) is 0 Å². The third kappa shape index (κ3) is 34.3. The molecule has 0 bridgehead atoms. The Morgan fingerprint density at radius 3 is 0.467 bits per heavy atom. The molecule has 122 heavy (non-hydrogen) atoms. The predicted octanol–water partition coefficient (Wildman–Crippen LogP) is 23.8. The molecule has 11 rings (SSSR count). The molecule has 12 nitrogen and oxygen atoms in total. The zero-order valence-electron chi connectivity index (χ0n) is 78.0. The minimum atomic E-state index is -1.11. The molecular formula is C106H136Ge4N12. The van der Waals surface area contributed by atoms with E-state index in [-0.39, 0.29) is 44.3 Å². The van der Waals surface area contributed by atoms with Gasteiger partial charge in [-0.05, 0) is 24.3 Å². The van der Waals surface area contributed by atoms with Crippen molar-refractivity contribution in [2.45, 2.75) is 224 Å². The summed E-state index contributed by atoms with van der Waals surface area (Å²) < 4.78 is 20.7. The molecule has 0 amide bonds. The Balaban J connectivity index is 0.000000266. The molecule has 0 aliphatic heterocycles. The number of para-hydroxylation sites is 4. The van der Waals surface area contributed by atoms with Crippen molar-refractivity contribution in [3.8, 4) is 0 Å². The van der Waals surface area contributed by atoms with Crippen molar-refractivity contribution in [3.63, 3.8) is 0 Å². The maximum absolute atomic E-state index is 5.44. The third-order valence-electron chi connectivity index (χ3n) is 17.5. The first-order valence-electron chi connectivity index (χ1n) is 42.3. The van der Waals surface area contributed by atoms with Gasteiger partial charge in [0.15, 0.2) is 0 Å². The fourth-order valence-electron chi connectivity index (χ4n) is 11.8. The molecule has 0 saturated carbocycles. The minimum absolute atomic E-state index is 0.206. The summed E-state index contributed by atoms with van der Waals surface area (Å²) in [5.74, 6) is 4.14. The van der Waals surface area contributed by atoms with E-state index < -0.39 is 63.5 Å². The number of nitrogens with zero attached hydrogens (tertiary/aromatic N) is 12. The van der Waals surface area contributed by atoms with E-state index >= 15 is 0 Å². The summed E-state index contributed by atoms with van der Waals surface area (Å²) in [5.41, 5.74) is 9.98. The zero-order valence-corrected chi connectivity index (χ0v) is 86.3. The molecule has 636 valence electrons. The van der Waals surface area contributed by atoms with E-state index in [0.717, 1.165) is 56.0 Å². The molecule has 0 unspecified atom stereocenters. The average Bonchev–Trinajstić information content (AvgIpc) is 0.778. The topological polar surface area (TPSA) is 75.4 Å². The van der Waals surface area contributed by atoms with Gasteiger partial charge >= 0.3 is 636 Å². The Bertz CT molecular complexity index is 4490. The fourth-order valence-corrected chi connectivity index (χ4v) is 24.1. The molecular weight excluding hydrogens is 1730 g/mol. The van der Waals surface area contributed by atoms with E-state index in [4.69, 9.17) is 20.0 Å². The molecule has 0 spiro atoms. The number of anilines is 4. The first kappa shape index (κ1) is 99.5. The van der Waals surface area contributed by atoms with Crippen molar-refractivity contribution in [3.05, 3.63) is 371 Å². The van der Waals surface area contributed by atoms with Crippen LogP contribution in [0.5, 0.6) is 0 Å². The average molecular weight is 1870 g/mol.